The Kier molecular flexibility index (Phi) is 4.50. The van der Waals surface area contributed by atoms with Crippen LogP contribution in [0.5, 0.6) is 0 Å². The second-order valence-electron chi connectivity index (χ2n) is 4.70. The molecule has 7 nitrogen and oxygen atoms in total. The van der Waals surface area contributed by atoms with Gasteiger partial charge in [-0.1, -0.05) is 17.8 Å². The smallest absolute Gasteiger partial charge is 0.191 e. The maximum absolute atomic E-state index is 8.96. The fourth-order valence-electron chi connectivity index (χ4n) is 1.98. The molecule has 3 aromatic heterocycles. The van der Waals surface area contributed by atoms with Crippen LogP contribution in [-0.4, -0.2) is 41.2 Å². The molecule has 0 fully saturated rings. The van der Waals surface area contributed by atoms with Crippen LogP contribution in [0.3, 0.4) is 0 Å². The Morgan fingerprint density at radius 1 is 1.27 bits per heavy atom. The quantitative estimate of drug-likeness (QED) is 0.689. The highest BCUT2D eigenvalue weighted by Crippen LogP contribution is 2.21. The fourth-order valence-corrected chi connectivity index (χ4v) is 2.84. The SMILES string of the molecule is Cn1c(CCO)nnc1SCc1ccc(-n2cccn2)nc1. The molecule has 0 amide bonds. The van der Waals surface area contributed by atoms with Crippen LogP contribution >= 0.6 is 11.8 Å². The third-order valence-corrected chi connectivity index (χ3v) is 4.27. The summed E-state index contributed by atoms with van der Waals surface area (Å²) in [7, 11) is 1.91. The molecule has 0 spiro atoms. The van der Waals surface area contributed by atoms with Crippen LogP contribution in [0.1, 0.15) is 11.4 Å². The zero-order valence-corrected chi connectivity index (χ0v) is 12.9. The van der Waals surface area contributed by atoms with Gasteiger partial charge < -0.3 is 9.67 Å². The lowest BCUT2D eigenvalue weighted by Crippen LogP contribution is -2.02. The largest absolute Gasteiger partial charge is 0.396 e. The molecule has 3 heterocycles. The van der Waals surface area contributed by atoms with E-state index in [4.69, 9.17) is 5.11 Å². The first-order valence-electron chi connectivity index (χ1n) is 6.85. The van der Waals surface area contributed by atoms with Crippen LogP contribution in [-0.2, 0) is 19.2 Å². The third-order valence-electron chi connectivity index (χ3n) is 3.18. The maximum atomic E-state index is 8.96. The zero-order chi connectivity index (χ0) is 15.4. The van der Waals surface area contributed by atoms with Crippen LogP contribution in [0.15, 0.2) is 41.9 Å². The number of aliphatic hydroxyl groups excluding tert-OH is 1. The lowest BCUT2D eigenvalue weighted by molar-refractivity contribution is 0.295. The standard InChI is InChI=1S/C14H16N6OS/c1-19-13(5-8-21)17-18-14(19)22-10-11-3-4-12(15-9-11)20-7-2-6-16-20/h2-4,6-7,9,21H,5,8,10H2,1H3. The van der Waals surface area contributed by atoms with E-state index in [9.17, 15) is 0 Å². The third kappa shape index (κ3) is 3.18. The molecule has 0 radical (unpaired) electrons. The van der Waals surface area contributed by atoms with E-state index in [2.05, 4.69) is 20.3 Å². The number of nitrogens with zero attached hydrogens (tertiary/aromatic N) is 6. The Balaban J connectivity index is 1.64. The molecule has 0 aliphatic heterocycles. The van der Waals surface area contributed by atoms with Gasteiger partial charge >= 0.3 is 0 Å². The van der Waals surface area contributed by atoms with Gasteiger partial charge in [0.15, 0.2) is 11.0 Å². The predicted octanol–water partition coefficient (Wildman–Crippen LogP) is 1.22. The number of pyridine rings is 1. The van der Waals surface area contributed by atoms with Gasteiger partial charge in [-0.05, 0) is 17.7 Å². The highest BCUT2D eigenvalue weighted by atomic mass is 32.2. The maximum Gasteiger partial charge on any atom is 0.191 e. The van der Waals surface area contributed by atoms with E-state index in [1.54, 1.807) is 22.6 Å². The van der Waals surface area contributed by atoms with Gasteiger partial charge in [0.1, 0.15) is 5.82 Å². The molecule has 3 rings (SSSR count). The summed E-state index contributed by atoms with van der Waals surface area (Å²) in [6.07, 6.45) is 5.95. The van der Waals surface area contributed by atoms with Crippen molar-refractivity contribution in [1.82, 2.24) is 29.5 Å². The molecule has 0 aliphatic rings. The molecule has 0 atom stereocenters. The van der Waals surface area contributed by atoms with E-state index >= 15 is 0 Å². The number of aromatic nitrogens is 6. The summed E-state index contributed by atoms with van der Waals surface area (Å²) in [6, 6.07) is 5.84. The van der Waals surface area contributed by atoms with Gasteiger partial charge in [0.25, 0.3) is 0 Å². The van der Waals surface area contributed by atoms with Gasteiger partial charge in [-0.25, -0.2) is 9.67 Å². The van der Waals surface area contributed by atoms with Gasteiger partial charge in [-0.3, -0.25) is 0 Å². The molecular formula is C14H16N6OS. The van der Waals surface area contributed by atoms with Crippen molar-refractivity contribution >= 4 is 11.8 Å². The van der Waals surface area contributed by atoms with Gasteiger partial charge in [0.05, 0.1) is 6.61 Å². The van der Waals surface area contributed by atoms with Crippen molar-refractivity contribution in [2.45, 2.75) is 17.3 Å². The number of thioether (sulfide) groups is 1. The van der Waals surface area contributed by atoms with Crippen molar-refractivity contribution in [2.75, 3.05) is 6.61 Å². The van der Waals surface area contributed by atoms with Crippen molar-refractivity contribution in [3.05, 3.63) is 48.2 Å². The predicted molar refractivity (Wildman–Crippen MR) is 82.7 cm³/mol. The molecule has 0 aliphatic carbocycles. The molecule has 8 heteroatoms. The number of hydrogen-bond donors (Lipinski definition) is 1. The molecule has 0 saturated heterocycles. The molecule has 3 aromatic rings. The molecule has 0 unspecified atom stereocenters. The van der Waals surface area contributed by atoms with Gasteiger partial charge in [-0.2, -0.15) is 5.10 Å². The number of rotatable bonds is 6. The highest BCUT2D eigenvalue weighted by molar-refractivity contribution is 7.98. The zero-order valence-electron chi connectivity index (χ0n) is 12.1. The first kappa shape index (κ1) is 14.7. The van der Waals surface area contributed by atoms with Crippen molar-refractivity contribution in [2.24, 2.45) is 7.05 Å². The summed E-state index contributed by atoms with van der Waals surface area (Å²) in [6.45, 7) is 0.0788. The van der Waals surface area contributed by atoms with Crippen LogP contribution in [0.25, 0.3) is 5.82 Å². The van der Waals surface area contributed by atoms with Crippen LogP contribution in [0.4, 0.5) is 0 Å². The minimum Gasteiger partial charge on any atom is -0.396 e. The van der Waals surface area contributed by atoms with E-state index < -0.39 is 0 Å². The van der Waals surface area contributed by atoms with Gasteiger partial charge in [0, 0.05) is 37.8 Å². The second kappa shape index (κ2) is 6.71. The minimum atomic E-state index is 0.0788. The van der Waals surface area contributed by atoms with Crippen molar-refractivity contribution in [3.8, 4) is 5.82 Å². The van der Waals surface area contributed by atoms with Crippen LogP contribution in [0, 0.1) is 0 Å². The normalized spacial score (nSPS) is 11.0. The Hall–Kier alpha value is -2.19. The average molecular weight is 316 g/mol. The summed E-state index contributed by atoms with van der Waals surface area (Å²) >= 11 is 1.60. The van der Waals surface area contributed by atoms with Gasteiger partial charge in [-0.15, -0.1) is 10.2 Å². The molecule has 22 heavy (non-hydrogen) atoms. The van der Waals surface area contributed by atoms with Gasteiger partial charge in [0.2, 0.25) is 0 Å². The average Bonchev–Trinajstić information content (AvgIpc) is 3.18. The fraction of sp³-hybridized carbons (Fsp3) is 0.286. The highest BCUT2D eigenvalue weighted by Gasteiger charge is 2.09. The monoisotopic (exact) mass is 316 g/mol. The summed E-state index contributed by atoms with van der Waals surface area (Å²) in [5.41, 5.74) is 1.10. The molecule has 0 bridgehead atoms. The van der Waals surface area contributed by atoms with Crippen LogP contribution < -0.4 is 0 Å². The van der Waals surface area contributed by atoms with Crippen LogP contribution in [0.2, 0.25) is 0 Å². The topological polar surface area (TPSA) is 81.6 Å². The molecular weight excluding hydrogens is 300 g/mol. The number of hydrogen-bond acceptors (Lipinski definition) is 6. The summed E-state index contributed by atoms with van der Waals surface area (Å²) in [4.78, 5) is 4.40. The lowest BCUT2D eigenvalue weighted by Gasteiger charge is -2.04. The van der Waals surface area contributed by atoms with Crippen molar-refractivity contribution in [3.63, 3.8) is 0 Å². The molecule has 0 aromatic carbocycles. The first-order chi connectivity index (χ1) is 10.8. The van der Waals surface area contributed by atoms with Crippen molar-refractivity contribution in [1.29, 1.82) is 0 Å². The van der Waals surface area contributed by atoms with E-state index in [1.807, 2.05) is 42.2 Å². The summed E-state index contributed by atoms with van der Waals surface area (Å²) in [5.74, 6) is 2.34. The van der Waals surface area contributed by atoms with E-state index in [1.165, 1.54) is 0 Å². The Morgan fingerprint density at radius 3 is 2.86 bits per heavy atom. The second-order valence-corrected chi connectivity index (χ2v) is 5.64. The Morgan fingerprint density at radius 2 is 2.18 bits per heavy atom. The summed E-state index contributed by atoms with van der Waals surface area (Å²) in [5, 5.41) is 22.2. The summed E-state index contributed by atoms with van der Waals surface area (Å²) < 4.78 is 3.63. The van der Waals surface area contributed by atoms with E-state index in [0.717, 1.165) is 28.1 Å². The Bertz CT molecular complexity index is 722. The lowest BCUT2D eigenvalue weighted by atomic mass is 10.3. The molecule has 114 valence electrons. The number of aliphatic hydroxyl groups is 1. The van der Waals surface area contributed by atoms with E-state index in [0.29, 0.717) is 6.42 Å². The molecule has 1 N–H and O–H groups in total. The Labute approximate surface area is 132 Å². The first-order valence-corrected chi connectivity index (χ1v) is 7.83. The van der Waals surface area contributed by atoms with E-state index in [-0.39, 0.29) is 6.61 Å². The van der Waals surface area contributed by atoms with Crippen molar-refractivity contribution < 1.29 is 5.11 Å². The molecule has 0 saturated carbocycles. The minimum absolute atomic E-state index is 0.0788.